The molecule has 0 N–H and O–H groups in total. The Morgan fingerprint density at radius 2 is 2.04 bits per heavy atom. The van der Waals surface area contributed by atoms with Gasteiger partial charge >= 0.3 is 5.97 Å². The highest BCUT2D eigenvalue weighted by atomic mass is 32.1. The number of ether oxygens (including phenoxy) is 1. The standard InChI is InChI=1S/C20H22FNO3S/c1-2-25-19(24)20(12-15-4-6-17(21)7-5-15)9-3-10-22(14-20)18(23)16-8-11-26-13-16/h4-8,11,13H,2-3,9-10,12,14H2,1H3. The van der Waals surface area contributed by atoms with Crippen LogP contribution in [-0.2, 0) is 16.0 Å². The van der Waals surface area contributed by atoms with Crippen LogP contribution in [0.1, 0.15) is 35.7 Å². The fourth-order valence-electron chi connectivity index (χ4n) is 3.53. The van der Waals surface area contributed by atoms with Crippen LogP contribution in [-0.4, -0.2) is 36.5 Å². The number of thiophene rings is 1. The SMILES string of the molecule is CCOC(=O)C1(Cc2ccc(F)cc2)CCCN(C(=O)c2ccsc2)C1. The third-order valence-electron chi connectivity index (χ3n) is 4.80. The van der Waals surface area contributed by atoms with Crippen LogP contribution >= 0.6 is 11.3 Å². The summed E-state index contributed by atoms with van der Waals surface area (Å²) in [5.41, 5.74) is 0.721. The minimum atomic E-state index is -0.794. The zero-order valence-electron chi connectivity index (χ0n) is 14.7. The van der Waals surface area contributed by atoms with Crippen LogP contribution in [0.15, 0.2) is 41.1 Å². The third-order valence-corrected chi connectivity index (χ3v) is 5.48. The van der Waals surface area contributed by atoms with Gasteiger partial charge in [0.2, 0.25) is 0 Å². The maximum atomic E-state index is 13.2. The maximum absolute atomic E-state index is 13.2. The van der Waals surface area contributed by atoms with E-state index in [4.69, 9.17) is 4.74 Å². The fourth-order valence-corrected chi connectivity index (χ4v) is 4.16. The summed E-state index contributed by atoms with van der Waals surface area (Å²) in [4.78, 5) is 27.3. The molecule has 1 fully saturated rings. The first-order valence-electron chi connectivity index (χ1n) is 8.77. The lowest BCUT2D eigenvalue weighted by Crippen LogP contribution is -2.51. The molecular formula is C20H22FNO3S. The summed E-state index contributed by atoms with van der Waals surface area (Å²) in [5.74, 6) is -0.650. The van der Waals surface area contributed by atoms with E-state index in [1.54, 1.807) is 30.0 Å². The van der Waals surface area contributed by atoms with E-state index in [1.807, 2.05) is 10.8 Å². The van der Waals surface area contributed by atoms with Crippen LogP contribution in [0, 0.1) is 11.2 Å². The average molecular weight is 375 g/mol. The lowest BCUT2D eigenvalue weighted by molar-refractivity contribution is -0.158. The van der Waals surface area contributed by atoms with Crippen molar-refractivity contribution in [1.29, 1.82) is 0 Å². The number of hydrogen-bond donors (Lipinski definition) is 0. The number of hydrogen-bond acceptors (Lipinski definition) is 4. The van der Waals surface area contributed by atoms with Crippen molar-refractivity contribution >= 4 is 23.2 Å². The van der Waals surface area contributed by atoms with Crippen LogP contribution < -0.4 is 0 Å². The topological polar surface area (TPSA) is 46.6 Å². The minimum absolute atomic E-state index is 0.0567. The summed E-state index contributed by atoms with van der Waals surface area (Å²) >= 11 is 1.48. The predicted octanol–water partition coefficient (Wildman–Crippen LogP) is 3.92. The number of rotatable bonds is 5. The van der Waals surface area contributed by atoms with Crippen LogP contribution in [0.2, 0.25) is 0 Å². The summed E-state index contributed by atoms with van der Waals surface area (Å²) in [7, 11) is 0. The highest BCUT2D eigenvalue weighted by molar-refractivity contribution is 7.08. The number of carbonyl (C=O) groups is 2. The molecular weight excluding hydrogens is 353 g/mol. The van der Waals surface area contributed by atoms with E-state index >= 15 is 0 Å². The first-order valence-corrected chi connectivity index (χ1v) is 9.71. The molecule has 0 saturated carbocycles. The van der Waals surface area contributed by atoms with Gasteiger partial charge in [0.05, 0.1) is 17.6 Å². The normalized spacial score (nSPS) is 20.0. The Hall–Kier alpha value is -2.21. The molecule has 138 valence electrons. The molecule has 1 aromatic heterocycles. The number of benzene rings is 1. The van der Waals surface area contributed by atoms with Crippen LogP contribution in [0.5, 0.6) is 0 Å². The molecule has 4 nitrogen and oxygen atoms in total. The number of nitrogens with zero attached hydrogens (tertiary/aromatic N) is 1. The molecule has 1 atom stereocenters. The highest BCUT2D eigenvalue weighted by Crippen LogP contribution is 2.36. The second-order valence-corrected chi connectivity index (χ2v) is 7.43. The smallest absolute Gasteiger partial charge is 0.314 e. The Morgan fingerprint density at radius 1 is 1.27 bits per heavy atom. The molecule has 0 spiro atoms. The van der Waals surface area contributed by atoms with Gasteiger partial charge in [-0.15, -0.1) is 0 Å². The third kappa shape index (κ3) is 3.96. The lowest BCUT2D eigenvalue weighted by Gasteiger charge is -2.41. The van der Waals surface area contributed by atoms with Crippen molar-refractivity contribution in [2.24, 2.45) is 5.41 Å². The van der Waals surface area contributed by atoms with Crippen molar-refractivity contribution in [3.8, 4) is 0 Å². The van der Waals surface area contributed by atoms with Crippen molar-refractivity contribution in [2.75, 3.05) is 19.7 Å². The van der Waals surface area contributed by atoms with Gasteiger partial charge in [0, 0.05) is 18.5 Å². The van der Waals surface area contributed by atoms with Crippen molar-refractivity contribution in [2.45, 2.75) is 26.2 Å². The number of halogens is 1. The summed E-state index contributed by atoms with van der Waals surface area (Å²) in [6.07, 6.45) is 1.81. The molecule has 1 aromatic carbocycles. The van der Waals surface area contributed by atoms with Gasteiger partial charge in [-0.25, -0.2) is 4.39 Å². The molecule has 6 heteroatoms. The second-order valence-electron chi connectivity index (χ2n) is 6.65. The number of likely N-dealkylation sites (tertiary alicyclic amines) is 1. The first-order chi connectivity index (χ1) is 12.5. The van der Waals surface area contributed by atoms with E-state index in [-0.39, 0.29) is 17.7 Å². The molecule has 1 saturated heterocycles. The second kappa shape index (κ2) is 7.99. The monoisotopic (exact) mass is 375 g/mol. The van der Waals surface area contributed by atoms with Gasteiger partial charge in [-0.1, -0.05) is 12.1 Å². The van der Waals surface area contributed by atoms with Crippen LogP contribution in [0.3, 0.4) is 0 Å². The van der Waals surface area contributed by atoms with Gasteiger partial charge in [0.1, 0.15) is 5.82 Å². The molecule has 1 aliphatic heterocycles. The molecule has 0 radical (unpaired) electrons. The van der Waals surface area contributed by atoms with E-state index in [9.17, 15) is 14.0 Å². The molecule has 1 unspecified atom stereocenters. The Kier molecular flexibility index (Phi) is 5.71. The van der Waals surface area contributed by atoms with Crippen molar-refractivity contribution in [1.82, 2.24) is 4.90 Å². The largest absolute Gasteiger partial charge is 0.466 e. The Labute approximate surface area is 156 Å². The van der Waals surface area contributed by atoms with E-state index in [2.05, 4.69) is 0 Å². The van der Waals surface area contributed by atoms with Gasteiger partial charge in [-0.3, -0.25) is 9.59 Å². The van der Waals surface area contributed by atoms with E-state index in [0.29, 0.717) is 38.1 Å². The summed E-state index contributed by atoms with van der Waals surface area (Å²) < 4.78 is 18.6. The average Bonchev–Trinajstić information content (AvgIpc) is 3.18. The zero-order chi connectivity index (χ0) is 18.6. The quantitative estimate of drug-likeness (QED) is 0.744. The maximum Gasteiger partial charge on any atom is 0.314 e. The highest BCUT2D eigenvalue weighted by Gasteiger charge is 2.44. The Balaban J connectivity index is 1.86. The van der Waals surface area contributed by atoms with Crippen LogP contribution in [0.25, 0.3) is 0 Å². The van der Waals surface area contributed by atoms with Gasteiger partial charge in [0.15, 0.2) is 0 Å². The van der Waals surface area contributed by atoms with Crippen molar-refractivity contribution < 1.29 is 18.7 Å². The van der Waals surface area contributed by atoms with E-state index in [0.717, 1.165) is 12.0 Å². The van der Waals surface area contributed by atoms with E-state index < -0.39 is 5.41 Å². The molecule has 1 amide bonds. The van der Waals surface area contributed by atoms with Crippen LogP contribution in [0.4, 0.5) is 4.39 Å². The Bertz CT molecular complexity index is 760. The lowest BCUT2D eigenvalue weighted by atomic mass is 9.75. The fraction of sp³-hybridized carbons (Fsp3) is 0.400. The Morgan fingerprint density at radius 3 is 2.69 bits per heavy atom. The molecule has 0 aliphatic carbocycles. The van der Waals surface area contributed by atoms with Gasteiger partial charge < -0.3 is 9.64 Å². The summed E-state index contributed by atoms with van der Waals surface area (Å²) in [5, 5.41) is 3.69. The van der Waals surface area contributed by atoms with Gasteiger partial charge in [-0.05, 0) is 55.3 Å². The molecule has 0 bridgehead atoms. The predicted molar refractivity (Wildman–Crippen MR) is 98.6 cm³/mol. The summed E-state index contributed by atoms with van der Waals surface area (Å²) in [6, 6.07) is 7.97. The number of carbonyl (C=O) groups excluding carboxylic acids is 2. The number of esters is 1. The molecule has 3 rings (SSSR count). The number of piperidine rings is 1. The molecule has 1 aliphatic rings. The summed E-state index contributed by atoms with van der Waals surface area (Å²) in [6.45, 7) is 3.01. The minimum Gasteiger partial charge on any atom is -0.466 e. The molecule has 2 heterocycles. The van der Waals surface area contributed by atoms with Gasteiger partial charge in [-0.2, -0.15) is 11.3 Å². The van der Waals surface area contributed by atoms with Crippen molar-refractivity contribution in [3.05, 3.63) is 58.0 Å². The molecule has 2 aromatic rings. The van der Waals surface area contributed by atoms with Gasteiger partial charge in [0.25, 0.3) is 5.91 Å². The number of amides is 1. The van der Waals surface area contributed by atoms with Crippen molar-refractivity contribution in [3.63, 3.8) is 0 Å². The zero-order valence-corrected chi connectivity index (χ0v) is 15.6. The first kappa shape index (κ1) is 18.6. The van der Waals surface area contributed by atoms with E-state index in [1.165, 1.54) is 23.5 Å². The molecule has 26 heavy (non-hydrogen) atoms.